The molecule has 19 heavy (non-hydrogen) atoms. The smallest absolute Gasteiger partial charge is 0.314 e. The predicted molar refractivity (Wildman–Crippen MR) is 69.3 cm³/mol. The number of rotatable bonds is 3. The van der Waals surface area contributed by atoms with Gasteiger partial charge in [0.2, 0.25) is 11.7 Å². The van der Waals surface area contributed by atoms with Crippen molar-refractivity contribution in [1.29, 1.82) is 0 Å². The van der Waals surface area contributed by atoms with Crippen molar-refractivity contribution in [2.75, 3.05) is 18.0 Å². The third-order valence-electron chi connectivity index (χ3n) is 3.06. The summed E-state index contributed by atoms with van der Waals surface area (Å²) in [6, 6.07) is 2.38. The van der Waals surface area contributed by atoms with Crippen LogP contribution in [0.1, 0.15) is 6.42 Å². The van der Waals surface area contributed by atoms with Gasteiger partial charge in [-0.15, -0.1) is 0 Å². The number of carbonyl (C=O) groups excluding carboxylic acids is 1. The third kappa shape index (κ3) is 2.47. The average Bonchev–Trinajstić information content (AvgIpc) is 2.72. The van der Waals surface area contributed by atoms with Gasteiger partial charge in [-0.3, -0.25) is 14.9 Å². The molecule has 1 saturated heterocycles. The molecule has 1 atom stereocenters. The van der Waals surface area contributed by atoms with E-state index in [1.165, 1.54) is 11.0 Å². The van der Waals surface area contributed by atoms with Crippen LogP contribution in [0, 0.1) is 16.0 Å². The molecule has 1 aromatic rings. The van der Waals surface area contributed by atoms with Crippen LogP contribution < -0.4 is 10.6 Å². The van der Waals surface area contributed by atoms with Crippen molar-refractivity contribution >= 4 is 28.9 Å². The van der Waals surface area contributed by atoms with Gasteiger partial charge in [-0.25, -0.2) is 0 Å². The second kappa shape index (κ2) is 5.02. The first-order chi connectivity index (χ1) is 8.93. The normalized spacial score (nSPS) is 18.9. The van der Waals surface area contributed by atoms with Gasteiger partial charge < -0.3 is 15.7 Å². The molecule has 3 N–H and O–H groups in total. The van der Waals surface area contributed by atoms with Crippen molar-refractivity contribution in [3.8, 4) is 5.75 Å². The number of amides is 1. The first-order valence-electron chi connectivity index (χ1n) is 5.61. The lowest BCUT2D eigenvalue weighted by atomic mass is 10.1. The van der Waals surface area contributed by atoms with Crippen LogP contribution in [-0.2, 0) is 4.79 Å². The minimum absolute atomic E-state index is 0.0232. The van der Waals surface area contributed by atoms with Gasteiger partial charge >= 0.3 is 5.69 Å². The minimum atomic E-state index is -0.744. The SMILES string of the molecule is NCC1CC(=O)N(c2cc(Cl)cc([N+](=O)[O-])c2O)C1. The number of nitro groups is 1. The van der Waals surface area contributed by atoms with Crippen molar-refractivity contribution in [2.24, 2.45) is 11.7 Å². The van der Waals surface area contributed by atoms with Crippen molar-refractivity contribution < 1.29 is 14.8 Å². The van der Waals surface area contributed by atoms with E-state index < -0.39 is 16.4 Å². The van der Waals surface area contributed by atoms with Crippen LogP contribution in [0.3, 0.4) is 0 Å². The predicted octanol–water partition coefficient (Wildman–Crippen LogP) is 1.27. The van der Waals surface area contributed by atoms with Crippen LogP contribution in [0.2, 0.25) is 5.02 Å². The van der Waals surface area contributed by atoms with E-state index in [0.29, 0.717) is 13.1 Å². The summed E-state index contributed by atoms with van der Waals surface area (Å²) in [5.41, 5.74) is 5.04. The fraction of sp³-hybridized carbons (Fsp3) is 0.364. The molecule has 0 aliphatic carbocycles. The van der Waals surface area contributed by atoms with Gasteiger partial charge in [0.1, 0.15) is 0 Å². The summed E-state index contributed by atoms with van der Waals surface area (Å²) < 4.78 is 0. The topological polar surface area (TPSA) is 110 Å². The van der Waals surface area contributed by atoms with Gasteiger partial charge in [-0.1, -0.05) is 11.6 Å². The molecule has 0 radical (unpaired) electrons. The average molecular weight is 286 g/mol. The monoisotopic (exact) mass is 285 g/mol. The fourth-order valence-corrected chi connectivity index (χ4v) is 2.29. The molecular weight excluding hydrogens is 274 g/mol. The molecule has 2 rings (SSSR count). The van der Waals surface area contributed by atoms with E-state index in [0.717, 1.165) is 6.07 Å². The number of nitrogens with two attached hydrogens (primary N) is 1. The Morgan fingerprint density at radius 1 is 1.58 bits per heavy atom. The maximum atomic E-state index is 11.8. The number of carbonyl (C=O) groups is 1. The van der Waals surface area contributed by atoms with Crippen LogP contribution in [0.25, 0.3) is 0 Å². The van der Waals surface area contributed by atoms with Crippen molar-refractivity contribution in [1.82, 2.24) is 0 Å². The highest BCUT2D eigenvalue weighted by atomic mass is 35.5. The molecule has 0 saturated carbocycles. The third-order valence-corrected chi connectivity index (χ3v) is 3.28. The number of nitro benzene ring substituents is 1. The molecule has 1 aliphatic heterocycles. The van der Waals surface area contributed by atoms with Crippen LogP contribution >= 0.6 is 11.6 Å². The molecule has 1 unspecified atom stereocenters. The number of nitrogens with zero attached hydrogens (tertiary/aromatic N) is 2. The Labute approximate surface area is 113 Å². The van der Waals surface area contributed by atoms with E-state index in [4.69, 9.17) is 17.3 Å². The summed E-state index contributed by atoms with van der Waals surface area (Å²) in [6.07, 6.45) is 0.260. The van der Waals surface area contributed by atoms with Gasteiger partial charge in [-0.2, -0.15) is 0 Å². The van der Waals surface area contributed by atoms with E-state index in [-0.39, 0.29) is 29.0 Å². The molecule has 1 aromatic carbocycles. The highest BCUT2D eigenvalue weighted by Crippen LogP contribution is 2.41. The first-order valence-corrected chi connectivity index (χ1v) is 5.99. The number of hydrogen-bond acceptors (Lipinski definition) is 5. The standard InChI is InChI=1S/C11H12ClN3O4/c12-7-2-8(11(17)9(3-7)15(18)19)14-5-6(4-13)1-10(14)16/h2-3,6,17H,1,4-5,13H2. The van der Waals surface area contributed by atoms with E-state index in [1.54, 1.807) is 0 Å². The van der Waals surface area contributed by atoms with E-state index in [1.807, 2.05) is 0 Å². The molecule has 0 bridgehead atoms. The Morgan fingerprint density at radius 3 is 2.79 bits per heavy atom. The molecule has 1 fully saturated rings. The lowest BCUT2D eigenvalue weighted by Gasteiger charge is -2.18. The van der Waals surface area contributed by atoms with Crippen LogP contribution in [-0.4, -0.2) is 29.0 Å². The second-order valence-electron chi connectivity index (χ2n) is 4.36. The number of aromatic hydroxyl groups is 1. The zero-order chi connectivity index (χ0) is 14.2. The van der Waals surface area contributed by atoms with Crippen molar-refractivity contribution in [3.05, 3.63) is 27.3 Å². The summed E-state index contributed by atoms with van der Waals surface area (Å²) in [5.74, 6) is -0.812. The molecule has 0 spiro atoms. The van der Waals surface area contributed by atoms with Gasteiger partial charge in [0.25, 0.3) is 0 Å². The molecule has 1 amide bonds. The number of phenols is 1. The van der Waals surface area contributed by atoms with Crippen molar-refractivity contribution in [3.63, 3.8) is 0 Å². The largest absolute Gasteiger partial charge is 0.501 e. The number of phenolic OH excluding ortho intramolecular Hbond substituents is 1. The molecule has 8 heteroatoms. The molecular formula is C11H12ClN3O4. The molecule has 0 aromatic heterocycles. The summed E-state index contributed by atoms with van der Waals surface area (Å²) in [4.78, 5) is 23.2. The molecule has 1 heterocycles. The van der Waals surface area contributed by atoms with Crippen molar-refractivity contribution in [2.45, 2.75) is 6.42 Å². The highest BCUT2D eigenvalue weighted by Gasteiger charge is 2.33. The quantitative estimate of drug-likeness (QED) is 0.642. The number of hydrogen-bond donors (Lipinski definition) is 2. The van der Waals surface area contributed by atoms with Gasteiger partial charge in [-0.05, 0) is 18.5 Å². The number of halogens is 1. The highest BCUT2D eigenvalue weighted by molar-refractivity contribution is 6.31. The van der Waals surface area contributed by atoms with Gasteiger partial charge in [0.15, 0.2) is 0 Å². The Balaban J connectivity index is 2.45. The summed E-state index contributed by atoms with van der Waals surface area (Å²) >= 11 is 5.78. The second-order valence-corrected chi connectivity index (χ2v) is 4.80. The Morgan fingerprint density at radius 2 is 2.26 bits per heavy atom. The fourth-order valence-electron chi connectivity index (χ4n) is 2.09. The molecule has 1 aliphatic rings. The van der Waals surface area contributed by atoms with Crippen LogP contribution in [0.4, 0.5) is 11.4 Å². The summed E-state index contributed by atoms with van der Waals surface area (Å²) in [5, 5.41) is 20.8. The minimum Gasteiger partial charge on any atom is -0.501 e. The van der Waals surface area contributed by atoms with Gasteiger partial charge in [0, 0.05) is 24.1 Å². The zero-order valence-corrected chi connectivity index (χ0v) is 10.6. The van der Waals surface area contributed by atoms with Crippen LogP contribution in [0.15, 0.2) is 12.1 Å². The lowest BCUT2D eigenvalue weighted by Crippen LogP contribution is -2.25. The first kappa shape index (κ1) is 13.6. The van der Waals surface area contributed by atoms with E-state index >= 15 is 0 Å². The Kier molecular flexibility index (Phi) is 3.59. The summed E-state index contributed by atoms with van der Waals surface area (Å²) in [6.45, 7) is 0.659. The molecule has 102 valence electrons. The Hall–Kier alpha value is -1.86. The zero-order valence-electron chi connectivity index (χ0n) is 9.88. The maximum absolute atomic E-state index is 11.8. The van der Waals surface area contributed by atoms with E-state index in [2.05, 4.69) is 0 Å². The Bertz CT molecular complexity index is 549. The molecule has 7 nitrogen and oxygen atoms in total. The number of anilines is 1. The number of benzene rings is 1. The maximum Gasteiger partial charge on any atom is 0.314 e. The lowest BCUT2D eigenvalue weighted by molar-refractivity contribution is -0.385. The van der Waals surface area contributed by atoms with Gasteiger partial charge in [0.05, 0.1) is 10.6 Å². The van der Waals surface area contributed by atoms with Crippen LogP contribution in [0.5, 0.6) is 5.75 Å². The van der Waals surface area contributed by atoms with E-state index in [9.17, 15) is 20.0 Å². The summed E-state index contributed by atoms with van der Waals surface area (Å²) in [7, 11) is 0.